The maximum atomic E-state index is 11.2. The first-order chi connectivity index (χ1) is 10.2. The van der Waals surface area contributed by atoms with Crippen molar-refractivity contribution in [2.45, 2.75) is 38.7 Å². The first-order valence-corrected chi connectivity index (χ1v) is 8.02. The maximum absolute atomic E-state index is 11.2. The van der Waals surface area contributed by atoms with E-state index in [0.717, 1.165) is 34.6 Å². The highest BCUT2D eigenvalue weighted by Gasteiger charge is 2.54. The van der Waals surface area contributed by atoms with Crippen LogP contribution >= 0.6 is 0 Å². The summed E-state index contributed by atoms with van der Waals surface area (Å²) in [5, 5.41) is 12.3. The summed E-state index contributed by atoms with van der Waals surface area (Å²) in [5.41, 5.74) is 7.84. The maximum Gasteiger partial charge on any atom is 0.134 e. The predicted octanol–water partition coefficient (Wildman–Crippen LogP) is 3.54. The average molecular weight is 285 g/mol. The molecule has 2 aromatic rings. The molecule has 2 saturated carbocycles. The van der Waals surface area contributed by atoms with E-state index in [1.54, 1.807) is 0 Å². The first-order valence-electron chi connectivity index (χ1n) is 8.02. The number of aliphatic hydroxyl groups is 1. The lowest BCUT2D eigenvalue weighted by Gasteiger charge is -2.41. The Bertz CT molecular complexity index is 677. The van der Waals surface area contributed by atoms with Crippen molar-refractivity contribution in [1.29, 1.82) is 0 Å². The van der Waals surface area contributed by atoms with Gasteiger partial charge >= 0.3 is 0 Å². The SMILES string of the molecule is Cc1oc2ccccc2c1C(O)C1(CN)CC2CCC1C2. The molecule has 4 unspecified atom stereocenters. The fourth-order valence-corrected chi connectivity index (χ4v) is 5.00. The zero-order chi connectivity index (χ0) is 14.6. The Labute approximate surface area is 125 Å². The predicted molar refractivity (Wildman–Crippen MR) is 82.8 cm³/mol. The molecule has 1 aromatic heterocycles. The third kappa shape index (κ3) is 1.74. The van der Waals surface area contributed by atoms with Gasteiger partial charge in [-0.3, -0.25) is 0 Å². The molecule has 2 aliphatic carbocycles. The number of rotatable bonds is 3. The van der Waals surface area contributed by atoms with Crippen LogP contribution in [-0.4, -0.2) is 11.7 Å². The van der Waals surface area contributed by atoms with E-state index >= 15 is 0 Å². The van der Waals surface area contributed by atoms with Gasteiger partial charge in [0, 0.05) is 22.9 Å². The minimum absolute atomic E-state index is 0.152. The number of nitrogens with two attached hydrogens (primary N) is 1. The molecule has 2 fully saturated rings. The van der Waals surface area contributed by atoms with Gasteiger partial charge in [-0.1, -0.05) is 24.6 Å². The fraction of sp³-hybridized carbons (Fsp3) is 0.556. The molecule has 3 nitrogen and oxygen atoms in total. The topological polar surface area (TPSA) is 59.4 Å². The second-order valence-electron chi connectivity index (χ2n) is 6.99. The molecule has 21 heavy (non-hydrogen) atoms. The van der Waals surface area contributed by atoms with Crippen molar-refractivity contribution in [3.8, 4) is 0 Å². The summed E-state index contributed by atoms with van der Waals surface area (Å²) in [6.45, 7) is 2.52. The van der Waals surface area contributed by atoms with Crippen molar-refractivity contribution < 1.29 is 9.52 Å². The Morgan fingerprint density at radius 3 is 2.86 bits per heavy atom. The van der Waals surface area contributed by atoms with E-state index in [9.17, 15) is 5.11 Å². The van der Waals surface area contributed by atoms with Crippen LogP contribution in [0.4, 0.5) is 0 Å². The molecule has 112 valence electrons. The Morgan fingerprint density at radius 2 is 2.19 bits per heavy atom. The van der Waals surface area contributed by atoms with Crippen molar-refractivity contribution in [3.05, 3.63) is 35.6 Å². The van der Waals surface area contributed by atoms with E-state index in [-0.39, 0.29) is 5.41 Å². The van der Waals surface area contributed by atoms with Crippen molar-refractivity contribution in [2.24, 2.45) is 23.0 Å². The van der Waals surface area contributed by atoms with Gasteiger partial charge in [-0.25, -0.2) is 0 Å². The van der Waals surface area contributed by atoms with E-state index in [1.165, 1.54) is 19.3 Å². The van der Waals surface area contributed by atoms with Gasteiger partial charge in [0.05, 0.1) is 6.10 Å². The van der Waals surface area contributed by atoms with E-state index in [2.05, 4.69) is 0 Å². The molecule has 0 saturated heterocycles. The lowest BCUT2D eigenvalue weighted by atomic mass is 9.67. The third-order valence-corrected chi connectivity index (χ3v) is 6.04. The first kappa shape index (κ1) is 13.4. The number of hydrogen-bond acceptors (Lipinski definition) is 3. The molecule has 0 radical (unpaired) electrons. The summed E-state index contributed by atoms with van der Waals surface area (Å²) < 4.78 is 5.85. The molecule has 2 aliphatic rings. The van der Waals surface area contributed by atoms with Gasteiger partial charge in [0.25, 0.3) is 0 Å². The number of furan rings is 1. The van der Waals surface area contributed by atoms with Crippen LogP contribution in [0.1, 0.15) is 43.1 Å². The molecule has 1 heterocycles. The van der Waals surface area contributed by atoms with Gasteiger partial charge in [0.2, 0.25) is 0 Å². The molecule has 4 atom stereocenters. The molecule has 3 heteroatoms. The second-order valence-corrected chi connectivity index (χ2v) is 6.99. The average Bonchev–Trinajstić information content (AvgIpc) is 3.17. The van der Waals surface area contributed by atoms with Crippen LogP contribution < -0.4 is 5.73 Å². The number of benzene rings is 1. The standard InChI is InChI=1S/C18H23NO2/c1-11-16(14-4-2-3-5-15(14)21-11)17(20)18(10-19)9-12-6-7-13(18)8-12/h2-5,12-13,17,20H,6-10,19H2,1H3. The number of aryl methyl sites for hydroxylation is 1. The lowest BCUT2D eigenvalue weighted by Crippen LogP contribution is -2.41. The number of para-hydroxylation sites is 1. The summed E-state index contributed by atoms with van der Waals surface area (Å²) in [7, 11) is 0. The van der Waals surface area contributed by atoms with Crippen LogP contribution in [0, 0.1) is 24.2 Å². The largest absolute Gasteiger partial charge is 0.461 e. The van der Waals surface area contributed by atoms with Crippen molar-refractivity contribution in [1.82, 2.24) is 0 Å². The Kier molecular flexibility index (Phi) is 2.92. The third-order valence-electron chi connectivity index (χ3n) is 6.04. The molecule has 4 rings (SSSR count). The normalized spacial score (nSPS) is 32.9. The molecule has 2 bridgehead atoms. The summed E-state index contributed by atoms with van der Waals surface area (Å²) >= 11 is 0. The number of aliphatic hydroxyl groups excluding tert-OH is 1. The highest BCUT2D eigenvalue weighted by atomic mass is 16.3. The number of fused-ring (bicyclic) bond motifs is 3. The molecule has 0 aliphatic heterocycles. The van der Waals surface area contributed by atoms with Gasteiger partial charge in [0.15, 0.2) is 0 Å². The van der Waals surface area contributed by atoms with E-state index in [4.69, 9.17) is 10.2 Å². The van der Waals surface area contributed by atoms with E-state index in [1.807, 2.05) is 31.2 Å². The monoisotopic (exact) mass is 285 g/mol. The summed E-state index contributed by atoms with van der Waals surface area (Å²) in [4.78, 5) is 0. The summed E-state index contributed by atoms with van der Waals surface area (Å²) in [6.07, 6.45) is 4.32. The van der Waals surface area contributed by atoms with Crippen LogP contribution in [0.25, 0.3) is 11.0 Å². The van der Waals surface area contributed by atoms with Gasteiger partial charge < -0.3 is 15.3 Å². The fourth-order valence-electron chi connectivity index (χ4n) is 5.00. The zero-order valence-corrected chi connectivity index (χ0v) is 12.5. The highest BCUT2D eigenvalue weighted by Crippen LogP contribution is 2.61. The van der Waals surface area contributed by atoms with Crippen LogP contribution in [0.5, 0.6) is 0 Å². The Balaban J connectivity index is 1.82. The molecule has 0 amide bonds. The molecule has 1 aromatic carbocycles. The van der Waals surface area contributed by atoms with Crippen molar-refractivity contribution in [2.75, 3.05) is 6.54 Å². The lowest BCUT2D eigenvalue weighted by molar-refractivity contribution is -0.0130. The molecule has 0 spiro atoms. The van der Waals surface area contributed by atoms with Crippen LogP contribution in [0.2, 0.25) is 0 Å². The molecular weight excluding hydrogens is 262 g/mol. The quantitative estimate of drug-likeness (QED) is 0.906. The van der Waals surface area contributed by atoms with Crippen molar-refractivity contribution >= 4 is 11.0 Å². The Morgan fingerprint density at radius 1 is 1.38 bits per heavy atom. The minimum Gasteiger partial charge on any atom is -0.461 e. The molecular formula is C18H23NO2. The second kappa shape index (κ2) is 4.59. The molecule has 3 N–H and O–H groups in total. The summed E-state index contributed by atoms with van der Waals surface area (Å²) in [6, 6.07) is 7.98. The van der Waals surface area contributed by atoms with E-state index in [0.29, 0.717) is 12.5 Å². The Hall–Kier alpha value is -1.32. The summed E-state index contributed by atoms with van der Waals surface area (Å²) in [5.74, 6) is 2.15. The smallest absolute Gasteiger partial charge is 0.134 e. The van der Waals surface area contributed by atoms with E-state index < -0.39 is 6.10 Å². The van der Waals surface area contributed by atoms with Gasteiger partial charge in [0.1, 0.15) is 11.3 Å². The highest BCUT2D eigenvalue weighted by molar-refractivity contribution is 5.82. The van der Waals surface area contributed by atoms with Gasteiger partial charge in [-0.15, -0.1) is 0 Å². The van der Waals surface area contributed by atoms with Crippen LogP contribution in [0.3, 0.4) is 0 Å². The van der Waals surface area contributed by atoms with Crippen molar-refractivity contribution in [3.63, 3.8) is 0 Å². The van der Waals surface area contributed by atoms with Gasteiger partial charge in [-0.05, 0) is 44.1 Å². The van der Waals surface area contributed by atoms with Crippen LogP contribution in [-0.2, 0) is 0 Å². The van der Waals surface area contributed by atoms with Gasteiger partial charge in [-0.2, -0.15) is 0 Å². The minimum atomic E-state index is -0.513. The van der Waals surface area contributed by atoms with Crippen LogP contribution in [0.15, 0.2) is 28.7 Å². The zero-order valence-electron chi connectivity index (χ0n) is 12.5. The number of hydrogen-bond donors (Lipinski definition) is 2.